The van der Waals surface area contributed by atoms with Crippen molar-refractivity contribution in [1.29, 1.82) is 0 Å². The van der Waals surface area contributed by atoms with Crippen LogP contribution in [0.15, 0.2) is 51.7 Å². The van der Waals surface area contributed by atoms with Crippen LogP contribution in [-0.4, -0.2) is 60.9 Å². The molecule has 0 radical (unpaired) electrons. The average Bonchev–Trinajstić information content (AvgIpc) is 3.51. The number of aryl methyl sites for hydroxylation is 2. The molecule has 9 nitrogen and oxygen atoms in total. The van der Waals surface area contributed by atoms with Crippen molar-refractivity contribution in [2.24, 2.45) is 7.05 Å². The second kappa shape index (κ2) is 8.44. The third kappa shape index (κ3) is 4.14. The van der Waals surface area contributed by atoms with E-state index in [2.05, 4.69) is 34.7 Å². The maximum Gasteiger partial charge on any atom is 0.253 e. The van der Waals surface area contributed by atoms with Crippen LogP contribution in [0.1, 0.15) is 17.5 Å². The summed E-state index contributed by atoms with van der Waals surface area (Å²) in [6.45, 7) is 7.23. The van der Waals surface area contributed by atoms with E-state index in [0.29, 0.717) is 24.1 Å². The van der Waals surface area contributed by atoms with Gasteiger partial charge in [0.15, 0.2) is 0 Å². The fourth-order valence-electron chi connectivity index (χ4n) is 3.88. The molecule has 0 unspecified atom stereocenters. The summed E-state index contributed by atoms with van der Waals surface area (Å²) < 4.78 is 13.5. The Morgan fingerprint density at radius 1 is 0.968 bits per heavy atom. The maximum absolute atomic E-state index is 6.01. The first-order valence-electron chi connectivity index (χ1n) is 10.4. The number of imidazole rings is 1. The van der Waals surface area contributed by atoms with Gasteiger partial charge < -0.3 is 13.5 Å². The van der Waals surface area contributed by atoms with E-state index in [1.165, 1.54) is 0 Å². The van der Waals surface area contributed by atoms with Gasteiger partial charge in [-0.2, -0.15) is 0 Å². The average molecular weight is 419 g/mol. The number of nitrogens with zero attached hydrogens (tertiary/aromatic N) is 7. The van der Waals surface area contributed by atoms with Crippen molar-refractivity contribution in [1.82, 2.24) is 34.7 Å². The van der Waals surface area contributed by atoms with Crippen LogP contribution in [0.4, 0.5) is 0 Å². The van der Waals surface area contributed by atoms with Crippen molar-refractivity contribution >= 4 is 0 Å². The minimum Gasteiger partial charge on any atom is -0.419 e. The smallest absolute Gasteiger partial charge is 0.253 e. The van der Waals surface area contributed by atoms with Crippen LogP contribution in [0.3, 0.4) is 0 Å². The lowest BCUT2D eigenvalue weighted by atomic mass is 10.1. The second-order valence-corrected chi connectivity index (χ2v) is 7.84. The summed E-state index contributed by atoms with van der Waals surface area (Å²) in [5.74, 6) is 2.80. The van der Waals surface area contributed by atoms with E-state index in [1.54, 1.807) is 0 Å². The van der Waals surface area contributed by atoms with E-state index in [9.17, 15) is 0 Å². The van der Waals surface area contributed by atoms with Crippen molar-refractivity contribution in [3.05, 3.63) is 60.2 Å². The summed E-state index contributed by atoms with van der Waals surface area (Å²) in [4.78, 5) is 9.18. The molecular weight excluding hydrogens is 394 g/mol. The zero-order chi connectivity index (χ0) is 21.2. The largest absolute Gasteiger partial charge is 0.419 e. The molecular formula is C22H25N7O2. The number of benzene rings is 1. The van der Waals surface area contributed by atoms with Crippen LogP contribution < -0.4 is 0 Å². The van der Waals surface area contributed by atoms with Crippen molar-refractivity contribution in [3.63, 3.8) is 0 Å². The maximum atomic E-state index is 6.01. The molecule has 1 aliphatic heterocycles. The van der Waals surface area contributed by atoms with Crippen LogP contribution >= 0.6 is 0 Å². The van der Waals surface area contributed by atoms with Gasteiger partial charge in [0.2, 0.25) is 5.89 Å². The number of aromatic nitrogens is 5. The van der Waals surface area contributed by atoms with Crippen LogP contribution in [0.5, 0.6) is 0 Å². The first-order valence-corrected chi connectivity index (χ1v) is 10.4. The number of piperazine rings is 1. The normalized spacial score (nSPS) is 15.5. The highest BCUT2D eigenvalue weighted by Gasteiger charge is 2.24. The van der Waals surface area contributed by atoms with Gasteiger partial charge in [0, 0.05) is 51.2 Å². The summed E-state index contributed by atoms with van der Waals surface area (Å²) in [7, 11) is 2.03. The summed E-state index contributed by atoms with van der Waals surface area (Å²) in [6, 6.07) is 9.88. The minimum atomic E-state index is 0.445. The monoisotopic (exact) mass is 419 g/mol. The molecule has 1 aliphatic rings. The van der Waals surface area contributed by atoms with E-state index >= 15 is 0 Å². The molecule has 1 aromatic carbocycles. The van der Waals surface area contributed by atoms with Gasteiger partial charge in [-0.3, -0.25) is 9.80 Å². The van der Waals surface area contributed by atoms with Crippen molar-refractivity contribution in [3.8, 4) is 22.7 Å². The SMILES string of the molecule is Cc1onc(-c2ccccc2)c1-c1nnc(CN2CCN(Cc3nccn3C)CC2)o1. The summed E-state index contributed by atoms with van der Waals surface area (Å²) >= 11 is 0. The van der Waals surface area contributed by atoms with Crippen LogP contribution in [0.2, 0.25) is 0 Å². The molecule has 4 heterocycles. The second-order valence-electron chi connectivity index (χ2n) is 7.84. The number of rotatable bonds is 6. The summed E-state index contributed by atoms with van der Waals surface area (Å²) in [6.07, 6.45) is 3.83. The summed E-state index contributed by atoms with van der Waals surface area (Å²) in [5, 5.41) is 12.8. The Morgan fingerprint density at radius 2 is 1.71 bits per heavy atom. The molecule has 160 valence electrons. The van der Waals surface area contributed by atoms with E-state index in [4.69, 9.17) is 8.94 Å². The van der Waals surface area contributed by atoms with Gasteiger partial charge in [0.05, 0.1) is 13.1 Å². The highest BCUT2D eigenvalue weighted by atomic mass is 16.5. The van der Waals surface area contributed by atoms with Crippen molar-refractivity contribution in [2.75, 3.05) is 26.2 Å². The van der Waals surface area contributed by atoms with Gasteiger partial charge in [0.1, 0.15) is 22.8 Å². The van der Waals surface area contributed by atoms with Gasteiger partial charge in [-0.15, -0.1) is 10.2 Å². The molecule has 4 aromatic rings. The number of hydrogen-bond donors (Lipinski definition) is 0. The summed E-state index contributed by atoms with van der Waals surface area (Å²) in [5.41, 5.74) is 2.43. The van der Waals surface area contributed by atoms with Crippen LogP contribution in [0, 0.1) is 6.92 Å². The lowest BCUT2D eigenvalue weighted by Crippen LogP contribution is -2.45. The fourth-order valence-corrected chi connectivity index (χ4v) is 3.88. The standard InChI is InChI=1S/C22H25N7O2/c1-16-20(21(26-31-16)17-6-4-3-5-7-17)22-25-24-19(30-22)15-29-12-10-28(11-13-29)14-18-23-8-9-27(18)2/h3-9H,10-15H2,1-2H3. The first-order chi connectivity index (χ1) is 15.2. The zero-order valence-electron chi connectivity index (χ0n) is 17.7. The molecule has 0 bridgehead atoms. The Hall–Kier alpha value is -3.30. The fraction of sp³-hybridized carbons (Fsp3) is 0.364. The van der Waals surface area contributed by atoms with Crippen LogP contribution in [-0.2, 0) is 20.1 Å². The molecule has 0 saturated carbocycles. The van der Waals surface area contributed by atoms with E-state index in [1.807, 2.05) is 56.7 Å². The molecule has 1 fully saturated rings. The topological polar surface area (TPSA) is 89.3 Å². The molecule has 0 spiro atoms. The third-order valence-corrected chi connectivity index (χ3v) is 5.70. The van der Waals surface area contributed by atoms with Gasteiger partial charge >= 0.3 is 0 Å². The Labute approximate surface area is 180 Å². The first kappa shape index (κ1) is 19.7. The molecule has 5 rings (SSSR count). The van der Waals surface area contributed by atoms with E-state index in [0.717, 1.165) is 55.4 Å². The van der Waals surface area contributed by atoms with E-state index < -0.39 is 0 Å². The predicted octanol–water partition coefficient (Wildman–Crippen LogP) is 2.75. The Bertz CT molecular complexity index is 1140. The van der Waals surface area contributed by atoms with Gasteiger partial charge in [-0.1, -0.05) is 35.5 Å². The van der Waals surface area contributed by atoms with Crippen molar-refractivity contribution < 1.29 is 8.94 Å². The molecule has 0 amide bonds. The molecule has 0 N–H and O–H groups in total. The number of hydrogen-bond acceptors (Lipinski definition) is 8. The van der Waals surface area contributed by atoms with E-state index in [-0.39, 0.29) is 0 Å². The molecule has 0 aliphatic carbocycles. The Kier molecular flexibility index (Phi) is 5.35. The van der Waals surface area contributed by atoms with Crippen LogP contribution in [0.25, 0.3) is 22.7 Å². The van der Waals surface area contributed by atoms with Gasteiger partial charge in [-0.05, 0) is 6.92 Å². The lowest BCUT2D eigenvalue weighted by molar-refractivity contribution is 0.112. The van der Waals surface area contributed by atoms with Gasteiger partial charge in [0.25, 0.3) is 5.89 Å². The highest BCUT2D eigenvalue weighted by Crippen LogP contribution is 2.33. The Balaban J connectivity index is 1.24. The zero-order valence-corrected chi connectivity index (χ0v) is 17.7. The third-order valence-electron chi connectivity index (χ3n) is 5.70. The van der Waals surface area contributed by atoms with Gasteiger partial charge in [-0.25, -0.2) is 4.98 Å². The quantitative estimate of drug-likeness (QED) is 0.471. The Morgan fingerprint density at radius 3 is 2.42 bits per heavy atom. The molecule has 0 atom stereocenters. The molecule has 31 heavy (non-hydrogen) atoms. The van der Waals surface area contributed by atoms with Crippen molar-refractivity contribution in [2.45, 2.75) is 20.0 Å². The highest BCUT2D eigenvalue weighted by molar-refractivity contribution is 5.77. The predicted molar refractivity (Wildman–Crippen MR) is 114 cm³/mol. The molecule has 9 heteroatoms. The molecule has 1 saturated heterocycles. The molecule has 3 aromatic heterocycles. The minimum absolute atomic E-state index is 0.445. The lowest BCUT2D eigenvalue weighted by Gasteiger charge is -2.33.